The topological polar surface area (TPSA) is 33.2 Å². The molecule has 0 aliphatic heterocycles. The second-order valence-electron chi connectivity index (χ2n) is 4.60. The Bertz CT molecular complexity index is 437. The molecule has 106 valence electrons. The molecule has 1 aromatic heterocycles. The zero-order valence-corrected chi connectivity index (χ0v) is 13.1. The van der Waals surface area contributed by atoms with E-state index in [9.17, 15) is 4.79 Å². The molecule has 1 aromatic rings. The van der Waals surface area contributed by atoms with Crippen molar-refractivity contribution < 1.29 is 4.79 Å². The molecule has 0 fully saturated rings. The van der Waals surface area contributed by atoms with E-state index in [4.69, 9.17) is 23.2 Å². The molecule has 19 heavy (non-hydrogen) atoms. The van der Waals surface area contributed by atoms with Crippen LogP contribution in [0.3, 0.4) is 0 Å². The van der Waals surface area contributed by atoms with E-state index in [-0.39, 0.29) is 17.1 Å². The van der Waals surface area contributed by atoms with E-state index in [0.717, 1.165) is 25.8 Å². The van der Waals surface area contributed by atoms with Crippen LogP contribution in [0, 0.1) is 0 Å². The van der Waals surface area contributed by atoms with Crippen LogP contribution in [-0.4, -0.2) is 28.4 Å². The fourth-order valence-electron chi connectivity index (χ4n) is 1.80. The largest absolute Gasteiger partial charge is 0.336 e. The first-order chi connectivity index (χ1) is 9.01. The van der Waals surface area contributed by atoms with Crippen molar-refractivity contribution in [2.75, 3.05) is 6.54 Å². The minimum atomic E-state index is -0.0721. The van der Waals surface area contributed by atoms with Crippen LogP contribution in [0.2, 0.25) is 10.2 Å². The molecule has 1 atom stereocenters. The number of halogens is 2. The quantitative estimate of drug-likeness (QED) is 0.728. The lowest BCUT2D eigenvalue weighted by molar-refractivity contribution is 0.0685. The summed E-state index contributed by atoms with van der Waals surface area (Å²) < 4.78 is 0. The predicted molar refractivity (Wildman–Crippen MR) is 80.0 cm³/mol. The number of nitrogens with zero attached hydrogens (tertiary/aromatic N) is 2. The van der Waals surface area contributed by atoms with Gasteiger partial charge in [0, 0.05) is 18.8 Å². The summed E-state index contributed by atoms with van der Waals surface area (Å²) in [7, 11) is 0. The summed E-state index contributed by atoms with van der Waals surface area (Å²) in [6.07, 6.45) is 4.36. The molecule has 1 heterocycles. The normalized spacial score (nSPS) is 12.3. The van der Waals surface area contributed by atoms with E-state index in [2.05, 4.69) is 18.8 Å². The molecule has 0 saturated heterocycles. The minimum absolute atomic E-state index is 0.0721. The lowest BCUT2D eigenvalue weighted by Gasteiger charge is -2.29. The summed E-state index contributed by atoms with van der Waals surface area (Å²) >= 11 is 11.9. The molecule has 1 amide bonds. The summed E-state index contributed by atoms with van der Waals surface area (Å²) in [4.78, 5) is 18.3. The van der Waals surface area contributed by atoms with Gasteiger partial charge in [0.2, 0.25) is 0 Å². The lowest BCUT2D eigenvalue weighted by Crippen LogP contribution is -2.39. The number of rotatable bonds is 6. The van der Waals surface area contributed by atoms with Gasteiger partial charge in [-0.1, -0.05) is 43.5 Å². The van der Waals surface area contributed by atoms with Gasteiger partial charge < -0.3 is 4.90 Å². The van der Waals surface area contributed by atoms with Crippen molar-refractivity contribution in [3.63, 3.8) is 0 Å². The molecule has 0 N–H and O–H groups in total. The highest BCUT2D eigenvalue weighted by Gasteiger charge is 2.22. The van der Waals surface area contributed by atoms with E-state index in [0.29, 0.717) is 10.6 Å². The number of unbranched alkanes of at least 4 members (excludes halogenated alkanes) is 1. The second kappa shape index (κ2) is 7.71. The van der Waals surface area contributed by atoms with Crippen LogP contribution in [0.15, 0.2) is 12.3 Å². The highest BCUT2D eigenvalue weighted by atomic mass is 35.5. The number of pyridine rings is 1. The van der Waals surface area contributed by atoms with Crippen molar-refractivity contribution in [3.8, 4) is 0 Å². The first kappa shape index (κ1) is 16.3. The Kier molecular flexibility index (Phi) is 6.59. The third-order valence-corrected chi connectivity index (χ3v) is 3.70. The second-order valence-corrected chi connectivity index (χ2v) is 5.39. The minimum Gasteiger partial charge on any atom is -0.336 e. The fourth-order valence-corrected chi connectivity index (χ4v) is 2.14. The Hall–Kier alpha value is -0.800. The third-order valence-electron chi connectivity index (χ3n) is 3.19. The summed E-state index contributed by atoms with van der Waals surface area (Å²) in [5, 5.41) is 0.631. The smallest absolute Gasteiger partial charge is 0.255 e. The molecule has 0 radical (unpaired) electrons. The highest BCUT2D eigenvalue weighted by Crippen LogP contribution is 2.21. The van der Waals surface area contributed by atoms with Gasteiger partial charge >= 0.3 is 0 Å². The van der Waals surface area contributed by atoms with Gasteiger partial charge in [0.1, 0.15) is 5.15 Å². The average Bonchev–Trinajstić information content (AvgIpc) is 2.41. The van der Waals surface area contributed by atoms with Gasteiger partial charge in [-0.2, -0.15) is 0 Å². The fraction of sp³-hybridized carbons (Fsp3) is 0.571. The Labute approximate surface area is 124 Å². The molecule has 0 aromatic carbocycles. The number of aromatic nitrogens is 1. The van der Waals surface area contributed by atoms with E-state index >= 15 is 0 Å². The molecular formula is C14H20Cl2N2O. The summed E-state index contributed by atoms with van der Waals surface area (Å²) in [6.45, 7) is 6.96. The first-order valence-corrected chi connectivity index (χ1v) is 7.38. The lowest BCUT2D eigenvalue weighted by atomic mass is 10.1. The maximum absolute atomic E-state index is 12.6. The molecule has 1 rings (SSSR count). The van der Waals surface area contributed by atoms with Crippen LogP contribution >= 0.6 is 23.2 Å². The summed E-state index contributed by atoms with van der Waals surface area (Å²) in [5.74, 6) is -0.0721. The van der Waals surface area contributed by atoms with E-state index in [1.807, 2.05) is 11.8 Å². The van der Waals surface area contributed by atoms with E-state index in [1.54, 1.807) is 0 Å². The molecule has 1 unspecified atom stereocenters. The monoisotopic (exact) mass is 302 g/mol. The number of hydrogen-bond acceptors (Lipinski definition) is 2. The Balaban J connectivity index is 3.00. The molecule has 0 aliphatic rings. The number of carbonyl (C=O) groups is 1. The maximum Gasteiger partial charge on any atom is 0.255 e. The first-order valence-electron chi connectivity index (χ1n) is 6.63. The van der Waals surface area contributed by atoms with Crippen molar-refractivity contribution in [1.82, 2.24) is 9.88 Å². The van der Waals surface area contributed by atoms with Gasteiger partial charge in [0.15, 0.2) is 0 Å². The zero-order valence-electron chi connectivity index (χ0n) is 11.6. The van der Waals surface area contributed by atoms with Crippen LogP contribution in [0.25, 0.3) is 0 Å². The van der Waals surface area contributed by atoms with Crippen LogP contribution in [0.1, 0.15) is 50.4 Å². The Morgan fingerprint density at radius 3 is 2.68 bits per heavy atom. The summed E-state index contributed by atoms with van der Waals surface area (Å²) in [5.41, 5.74) is 0.429. The molecule has 0 bridgehead atoms. The maximum atomic E-state index is 12.6. The average molecular weight is 303 g/mol. The van der Waals surface area contributed by atoms with Crippen molar-refractivity contribution in [2.24, 2.45) is 0 Å². The molecule has 5 heteroatoms. The van der Waals surface area contributed by atoms with Crippen LogP contribution in [0.5, 0.6) is 0 Å². The van der Waals surface area contributed by atoms with Crippen LogP contribution < -0.4 is 0 Å². The molecule has 0 aliphatic carbocycles. The van der Waals surface area contributed by atoms with Crippen LogP contribution in [-0.2, 0) is 0 Å². The third kappa shape index (κ3) is 4.36. The van der Waals surface area contributed by atoms with Crippen molar-refractivity contribution in [2.45, 2.75) is 46.1 Å². The Morgan fingerprint density at radius 2 is 2.11 bits per heavy atom. The highest BCUT2D eigenvalue weighted by molar-refractivity contribution is 6.35. The SMILES string of the molecule is CCCCN(C(=O)c1cc(Cl)ncc1Cl)C(C)CC. The number of carbonyl (C=O) groups excluding carboxylic acids is 1. The van der Waals surface area contributed by atoms with Gasteiger partial charge in [-0.25, -0.2) is 4.98 Å². The zero-order chi connectivity index (χ0) is 14.4. The standard InChI is InChI=1S/C14H20Cl2N2O/c1-4-6-7-18(10(3)5-2)14(19)11-8-13(16)17-9-12(11)15/h8-10H,4-7H2,1-3H3. The van der Waals surface area contributed by atoms with E-state index < -0.39 is 0 Å². The predicted octanol–water partition coefficient (Wildman–Crippen LogP) is 4.43. The van der Waals surface area contributed by atoms with Gasteiger partial charge in [-0.05, 0) is 25.8 Å². The van der Waals surface area contributed by atoms with Gasteiger partial charge in [-0.15, -0.1) is 0 Å². The Morgan fingerprint density at radius 1 is 1.42 bits per heavy atom. The van der Waals surface area contributed by atoms with Crippen molar-refractivity contribution >= 4 is 29.1 Å². The van der Waals surface area contributed by atoms with Crippen LogP contribution in [0.4, 0.5) is 0 Å². The summed E-state index contributed by atoms with van der Waals surface area (Å²) in [6, 6.07) is 1.72. The number of amides is 1. The van der Waals surface area contributed by atoms with E-state index in [1.165, 1.54) is 12.3 Å². The van der Waals surface area contributed by atoms with Gasteiger partial charge in [0.25, 0.3) is 5.91 Å². The molecule has 3 nitrogen and oxygen atoms in total. The molecular weight excluding hydrogens is 283 g/mol. The number of hydrogen-bond donors (Lipinski definition) is 0. The van der Waals surface area contributed by atoms with Gasteiger partial charge in [-0.3, -0.25) is 4.79 Å². The molecule has 0 saturated carbocycles. The van der Waals surface area contributed by atoms with Gasteiger partial charge in [0.05, 0.1) is 10.6 Å². The van der Waals surface area contributed by atoms with Crippen molar-refractivity contribution in [3.05, 3.63) is 28.0 Å². The molecule has 0 spiro atoms. The van der Waals surface area contributed by atoms with Crippen molar-refractivity contribution in [1.29, 1.82) is 0 Å².